The second kappa shape index (κ2) is 5.10. The van der Waals surface area contributed by atoms with Crippen molar-refractivity contribution in [2.24, 2.45) is 11.7 Å². The van der Waals surface area contributed by atoms with Gasteiger partial charge in [0.1, 0.15) is 0 Å². The molecule has 0 saturated carbocycles. The Hall–Kier alpha value is -0.120. The molecule has 1 aliphatic rings. The van der Waals surface area contributed by atoms with E-state index in [0.29, 0.717) is 18.6 Å². The van der Waals surface area contributed by atoms with Crippen molar-refractivity contribution in [3.63, 3.8) is 0 Å². The average molecular weight is 200 g/mol. The molecule has 0 radical (unpaired) electrons. The third kappa shape index (κ3) is 2.94. The Morgan fingerprint density at radius 1 is 1.57 bits per heavy atom. The van der Waals surface area contributed by atoms with Crippen LogP contribution in [0.25, 0.3) is 0 Å². The Morgan fingerprint density at radius 2 is 2.29 bits per heavy atom. The predicted octanol–water partition coefficient (Wildman–Crippen LogP) is 1.13. The van der Waals surface area contributed by atoms with Crippen LogP contribution in [0, 0.1) is 5.92 Å². The topological polar surface area (TPSA) is 47.3 Å². The van der Waals surface area contributed by atoms with Gasteiger partial charge in [-0.05, 0) is 25.7 Å². The summed E-state index contributed by atoms with van der Waals surface area (Å²) in [7, 11) is 0. The zero-order valence-corrected chi connectivity index (χ0v) is 9.68. The molecule has 0 aromatic rings. The van der Waals surface area contributed by atoms with E-state index in [1.807, 2.05) is 0 Å². The van der Waals surface area contributed by atoms with Gasteiger partial charge in [0.25, 0.3) is 0 Å². The molecule has 1 rings (SSSR count). The maximum atomic E-state index is 5.79. The van der Waals surface area contributed by atoms with E-state index < -0.39 is 0 Å². The lowest BCUT2D eigenvalue weighted by Gasteiger charge is -2.34. The summed E-state index contributed by atoms with van der Waals surface area (Å²) < 4.78 is 5.57. The Labute approximate surface area is 87.4 Å². The highest BCUT2D eigenvalue weighted by molar-refractivity contribution is 4.88. The lowest BCUT2D eigenvalue weighted by atomic mass is 9.88. The van der Waals surface area contributed by atoms with E-state index in [1.54, 1.807) is 0 Å². The molecule has 0 bridgehead atoms. The minimum atomic E-state index is 0.0476. The van der Waals surface area contributed by atoms with Crippen LogP contribution in [-0.2, 0) is 4.74 Å². The van der Waals surface area contributed by atoms with Gasteiger partial charge in [-0.1, -0.05) is 13.8 Å². The Kier molecular flexibility index (Phi) is 4.35. The molecule has 0 aromatic carbocycles. The van der Waals surface area contributed by atoms with Crippen LogP contribution in [0.2, 0.25) is 0 Å². The van der Waals surface area contributed by atoms with E-state index in [9.17, 15) is 0 Å². The predicted molar refractivity (Wildman–Crippen MR) is 59.3 cm³/mol. The quantitative estimate of drug-likeness (QED) is 0.699. The summed E-state index contributed by atoms with van der Waals surface area (Å²) in [5, 5.41) is 3.54. The van der Waals surface area contributed by atoms with Crippen LogP contribution in [-0.4, -0.2) is 31.3 Å². The van der Waals surface area contributed by atoms with Crippen LogP contribution in [0.1, 0.15) is 33.6 Å². The number of rotatable bonds is 5. The van der Waals surface area contributed by atoms with Crippen LogP contribution in [0.4, 0.5) is 0 Å². The molecular weight excluding hydrogens is 176 g/mol. The lowest BCUT2D eigenvalue weighted by Crippen LogP contribution is -2.54. The fourth-order valence-electron chi connectivity index (χ4n) is 1.66. The summed E-state index contributed by atoms with van der Waals surface area (Å²) in [6.07, 6.45) is 2.79. The molecule has 0 spiro atoms. The molecule has 2 atom stereocenters. The van der Waals surface area contributed by atoms with E-state index >= 15 is 0 Å². The minimum absolute atomic E-state index is 0.0476. The smallest absolute Gasteiger partial charge is 0.0700 e. The zero-order chi connectivity index (χ0) is 10.6. The molecule has 3 nitrogen and oxygen atoms in total. The minimum Gasteiger partial charge on any atom is -0.377 e. The van der Waals surface area contributed by atoms with E-state index in [4.69, 9.17) is 10.5 Å². The standard InChI is InChI=1S/C11H24N2O/c1-9(2)11(3,8-12)13-7-10-5-4-6-14-10/h9-10,13H,4-8,12H2,1-3H3. The van der Waals surface area contributed by atoms with Crippen LogP contribution < -0.4 is 11.1 Å². The van der Waals surface area contributed by atoms with Crippen LogP contribution in [0.15, 0.2) is 0 Å². The summed E-state index contributed by atoms with van der Waals surface area (Å²) in [6, 6.07) is 0. The van der Waals surface area contributed by atoms with E-state index in [2.05, 4.69) is 26.1 Å². The van der Waals surface area contributed by atoms with Gasteiger partial charge in [-0.2, -0.15) is 0 Å². The fraction of sp³-hybridized carbons (Fsp3) is 1.00. The van der Waals surface area contributed by atoms with Gasteiger partial charge < -0.3 is 15.8 Å². The molecule has 84 valence electrons. The molecule has 1 heterocycles. The first kappa shape index (κ1) is 12.0. The van der Waals surface area contributed by atoms with Gasteiger partial charge >= 0.3 is 0 Å². The largest absolute Gasteiger partial charge is 0.377 e. The number of ether oxygens (including phenoxy) is 1. The highest BCUT2D eigenvalue weighted by Gasteiger charge is 2.27. The fourth-order valence-corrected chi connectivity index (χ4v) is 1.66. The SMILES string of the molecule is CC(C)C(C)(CN)NCC1CCCO1. The van der Waals surface area contributed by atoms with Gasteiger partial charge in [0.05, 0.1) is 6.10 Å². The van der Waals surface area contributed by atoms with Gasteiger partial charge in [0, 0.05) is 25.2 Å². The number of nitrogens with two attached hydrogens (primary N) is 1. The van der Waals surface area contributed by atoms with Crippen LogP contribution >= 0.6 is 0 Å². The Morgan fingerprint density at radius 3 is 2.71 bits per heavy atom. The van der Waals surface area contributed by atoms with Gasteiger partial charge in [0.2, 0.25) is 0 Å². The molecule has 0 aliphatic carbocycles. The van der Waals surface area contributed by atoms with Crippen molar-refractivity contribution in [2.75, 3.05) is 19.7 Å². The highest BCUT2D eigenvalue weighted by atomic mass is 16.5. The Balaban J connectivity index is 2.32. The summed E-state index contributed by atoms with van der Waals surface area (Å²) in [4.78, 5) is 0. The van der Waals surface area contributed by atoms with Gasteiger partial charge in [-0.3, -0.25) is 0 Å². The third-order valence-electron chi connectivity index (χ3n) is 3.46. The number of hydrogen-bond acceptors (Lipinski definition) is 3. The lowest BCUT2D eigenvalue weighted by molar-refractivity contribution is 0.0974. The molecule has 3 heteroatoms. The van der Waals surface area contributed by atoms with Crippen molar-refractivity contribution in [2.45, 2.75) is 45.3 Å². The molecule has 1 saturated heterocycles. The number of nitrogens with one attached hydrogen (secondary N) is 1. The molecule has 0 aromatic heterocycles. The molecule has 2 unspecified atom stereocenters. The maximum Gasteiger partial charge on any atom is 0.0700 e. The monoisotopic (exact) mass is 200 g/mol. The summed E-state index contributed by atoms with van der Waals surface area (Å²) in [5.74, 6) is 0.550. The summed E-state index contributed by atoms with van der Waals surface area (Å²) in [5.41, 5.74) is 5.84. The van der Waals surface area contributed by atoms with Gasteiger partial charge in [-0.15, -0.1) is 0 Å². The second-order valence-corrected chi connectivity index (χ2v) is 4.79. The van der Waals surface area contributed by atoms with Crippen molar-refractivity contribution in [1.82, 2.24) is 5.32 Å². The van der Waals surface area contributed by atoms with Crippen molar-refractivity contribution in [3.8, 4) is 0 Å². The molecule has 3 N–H and O–H groups in total. The van der Waals surface area contributed by atoms with E-state index in [-0.39, 0.29) is 5.54 Å². The molecule has 1 aliphatic heterocycles. The van der Waals surface area contributed by atoms with Gasteiger partial charge in [0.15, 0.2) is 0 Å². The van der Waals surface area contributed by atoms with Crippen LogP contribution in [0.5, 0.6) is 0 Å². The first-order valence-corrected chi connectivity index (χ1v) is 5.65. The molecular formula is C11H24N2O. The molecule has 1 fully saturated rings. The maximum absolute atomic E-state index is 5.79. The molecule has 0 amide bonds. The third-order valence-corrected chi connectivity index (χ3v) is 3.46. The van der Waals surface area contributed by atoms with Crippen molar-refractivity contribution < 1.29 is 4.74 Å². The number of hydrogen-bond donors (Lipinski definition) is 2. The van der Waals surface area contributed by atoms with Crippen molar-refractivity contribution in [1.29, 1.82) is 0 Å². The van der Waals surface area contributed by atoms with E-state index in [0.717, 1.165) is 13.2 Å². The average Bonchev–Trinajstić information content (AvgIpc) is 2.66. The van der Waals surface area contributed by atoms with Crippen molar-refractivity contribution in [3.05, 3.63) is 0 Å². The Bertz CT molecular complexity index is 167. The molecule has 14 heavy (non-hydrogen) atoms. The zero-order valence-electron chi connectivity index (χ0n) is 9.68. The van der Waals surface area contributed by atoms with E-state index in [1.165, 1.54) is 12.8 Å². The van der Waals surface area contributed by atoms with Crippen LogP contribution in [0.3, 0.4) is 0 Å². The normalized spacial score (nSPS) is 26.8. The first-order valence-electron chi connectivity index (χ1n) is 5.65. The van der Waals surface area contributed by atoms with Crippen molar-refractivity contribution >= 4 is 0 Å². The second-order valence-electron chi connectivity index (χ2n) is 4.79. The summed E-state index contributed by atoms with van der Waals surface area (Å²) in [6.45, 7) is 9.13. The van der Waals surface area contributed by atoms with Gasteiger partial charge in [-0.25, -0.2) is 0 Å². The highest BCUT2D eigenvalue weighted by Crippen LogP contribution is 2.17. The first-order chi connectivity index (χ1) is 6.58. The summed E-state index contributed by atoms with van der Waals surface area (Å²) >= 11 is 0.